The summed E-state index contributed by atoms with van der Waals surface area (Å²) in [5, 5.41) is 0. The summed E-state index contributed by atoms with van der Waals surface area (Å²) in [6.45, 7) is 16.6. The summed E-state index contributed by atoms with van der Waals surface area (Å²) in [6, 6.07) is 9.31. The quantitative estimate of drug-likeness (QED) is 0.452. The predicted octanol–water partition coefficient (Wildman–Crippen LogP) is 6.09. The number of hydrogen-bond donors (Lipinski definition) is 0. The van der Waals surface area contributed by atoms with E-state index in [4.69, 9.17) is 9.47 Å². The van der Waals surface area contributed by atoms with E-state index in [9.17, 15) is 0 Å². The summed E-state index contributed by atoms with van der Waals surface area (Å²) >= 11 is 1.82. The van der Waals surface area contributed by atoms with E-state index in [0.29, 0.717) is 49.5 Å². The third kappa shape index (κ3) is 9.17. The van der Waals surface area contributed by atoms with Crippen molar-refractivity contribution in [2.45, 2.75) is 72.9 Å². The topological polar surface area (TPSA) is 43.2 Å². The van der Waals surface area contributed by atoms with Crippen LogP contribution in [0.5, 0.6) is 0 Å². The van der Waals surface area contributed by atoms with Crippen LogP contribution in [-0.4, -0.2) is 37.1 Å². The number of aryl methyl sites for hydroxylation is 1. The average molecular weight is 509 g/mol. The minimum atomic E-state index is 0.299. The van der Waals surface area contributed by atoms with Gasteiger partial charge in [0.25, 0.3) is 0 Å². The fourth-order valence-electron chi connectivity index (χ4n) is 2.84. The predicted molar refractivity (Wildman–Crippen MR) is 120 cm³/mol. The molecule has 0 saturated carbocycles. The first-order chi connectivity index (χ1) is 13.8. The Hall–Kier alpha value is -0.927. The third-order valence-corrected chi connectivity index (χ3v) is 5.05. The van der Waals surface area contributed by atoms with Crippen LogP contribution in [0.3, 0.4) is 0 Å². The summed E-state index contributed by atoms with van der Waals surface area (Å²) in [6.07, 6.45) is 0.618. The molecule has 2 aliphatic rings. The van der Waals surface area contributed by atoms with Gasteiger partial charge in [0.1, 0.15) is 13.2 Å². The van der Waals surface area contributed by atoms with Crippen molar-refractivity contribution in [3.8, 4) is 0 Å². The summed E-state index contributed by atoms with van der Waals surface area (Å²) in [5.74, 6) is 3.28. The Morgan fingerprint density at radius 2 is 1.28 bits per heavy atom. The minimum absolute atomic E-state index is 0.299. The van der Waals surface area contributed by atoms with Crippen molar-refractivity contribution in [1.29, 1.82) is 0 Å². The molecular formula is C23H36ClN2O2Ru+. The monoisotopic (exact) mass is 509 g/mol. The van der Waals surface area contributed by atoms with Crippen LogP contribution >= 0.6 is 9.69 Å². The van der Waals surface area contributed by atoms with Crippen molar-refractivity contribution in [3.05, 3.63) is 35.4 Å². The van der Waals surface area contributed by atoms with Crippen LogP contribution in [0.1, 0.15) is 65.0 Å². The molecule has 0 radical (unpaired) electrons. The zero-order valence-electron chi connectivity index (χ0n) is 18.8. The number of nitrogens with zero attached hydrogens (tertiary/aromatic N) is 2. The molecule has 0 N–H and O–H groups in total. The van der Waals surface area contributed by atoms with Gasteiger partial charge in [0, 0.05) is 0 Å². The van der Waals surface area contributed by atoms with Gasteiger partial charge in [-0.15, -0.1) is 0 Å². The zero-order valence-corrected chi connectivity index (χ0v) is 21.3. The van der Waals surface area contributed by atoms with Gasteiger partial charge >= 0.3 is 27.0 Å². The number of halogens is 1. The van der Waals surface area contributed by atoms with Crippen molar-refractivity contribution in [2.75, 3.05) is 13.2 Å². The summed E-state index contributed by atoms with van der Waals surface area (Å²) < 4.78 is 11.1. The van der Waals surface area contributed by atoms with Gasteiger partial charge in [0.2, 0.25) is 0 Å². The Labute approximate surface area is 191 Å². The fraction of sp³-hybridized carbons (Fsp3) is 0.652. The molecule has 2 unspecified atom stereocenters. The SMILES string of the molecule is CC(C)C1COC(CC2=NC(C(C)C)CO2)=N1.Cc1ccc(C(C)C)cc1.[Cl][Ru+]. The zero-order chi connectivity index (χ0) is 22.0. The van der Waals surface area contributed by atoms with Crippen LogP contribution in [0.2, 0.25) is 0 Å². The van der Waals surface area contributed by atoms with E-state index in [1.807, 2.05) is 17.3 Å². The fourth-order valence-corrected chi connectivity index (χ4v) is 2.84. The van der Waals surface area contributed by atoms with Crippen LogP contribution in [0.4, 0.5) is 0 Å². The molecule has 0 amide bonds. The normalized spacial score (nSPS) is 20.3. The Morgan fingerprint density at radius 1 is 0.862 bits per heavy atom. The number of benzene rings is 1. The molecule has 1 aromatic rings. The van der Waals surface area contributed by atoms with E-state index in [1.54, 1.807) is 0 Å². The summed E-state index contributed by atoms with van der Waals surface area (Å²) in [4.78, 5) is 9.11. The van der Waals surface area contributed by atoms with Crippen molar-refractivity contribution >= 4 is 21.5 Å². The number of ether oxygens (including phenoxy) is 2. The van der Waals surface area contributed by atoms with E-state index in [2.05, 4.69) is 92.4 Å². The molecule has 6 heteroatoms. The van der Waals surface area contributed by atoms with E-state index in [-0.39, 0.29) is 0 Å². The van der Waals surface area contributed by atoms with Crippen molar-refractivity contribution < 1.29 is 26.8 Å². The molecule has 2 heterocycles. The van der Waals surface area contributed by atoms with Crippen LogP contribution in [0, 0.1) is 18.8 Å². The number of rotatable bonds is 5. The number of aliphatic imine (C=N–C) groups is 2. The molecule has 29 heavy (non-hydrogen) atoms. The molecule has 0 bridgehead atoms. The van der Waals surface area contributed by atoms with E-state index < -0.39 is 0 Å². The molecular weight excluding hydrogens is 473 g/mol. The summed E-state index contributed by atoms with van der Waals surface area (Å²) in [5.41, 5.74) is 2.76. The van der Waals surface area contributed by atoms with Crippen LogP contribution in [0.15, 0.2) is 34.3 Å². The van der Waals surface area contributed by atoms with Crippen molar-refractivity contribution in [2.24, 2.45) is 21.8 Å². The van der Waals surface area contributed by atoms with Gasteiger partial charge in [0.15, 0.2) is 11.8 Å². The molecule has 1 aromatic carbocycles. The van der Waals surface area contributed by atoms with Gasteiger partial charge in [-0.2, -0.15) is 0 Å². The second-order valence-electron chi connectivity index (χ2n) is 8.53. The number of hydrogen-bond acceptors (Lipinski definition) is 4. The molecule has 0 saturated heterocycles. The molecule has 164 valence electrons. The molecule has 0 aromatic heterocycles. The van der Waals surface area contributed by atoms with E-state index in [1.165, 1.54) is 11.1 Å². The Morgan fingerprint density at radius 3 is 1.59 bits per heavy atom. The Bertz CT molecular complexity index is 625. The first kappa shape index (κ1) is 26.1. The van der Waals surface area contributed by atoms with Gasteiger partial charge in [-0.05, 0) is 30.2 Å². The van der Waals surface area contributed by atoms with Crippen LogP contribution in [-0.2, 0) is 26.8 Å². The van der Waals surface area contributed by atoms with Gasteiger partial charge in [-0.25, -0.2) is 9.98 Å². The maximum atomic E-state index is 5.57. The molecule has 0 aliphatic carbocycles. The molecule has 2 atom stereocenters. The van der Waals surface area contributed by atoms with Gasteiger partial charge in [0.05, 0.1) is 18.5 Å². The third-order valence-electron chi connectivity index (χ3n) is 5.05. The maximum absolute atomic E-state index is 5.57. The second kappa shape index (κ2) is 13.4. The molecule has 4 nitrogen and oxygen atoms in total. The second-order valence-corrected chi connectivity index (χ2v) is 8.53. The standard InChI is InChI=1S/C13H22N2O2.C10H14.ClH.Ru/c1-8(2)10-6-16-12(14-10)5-13-15-11(7-17-13)9(3)4;1-8(2)10-6-4-9(3)5-7-10;;/h8-11H,5-7H2,1-4H3;4-8H,1-3H3;1H;/q;;;+2/p-1. The average Bonchev–Trinajstić information content (AvgIpc) is 3.34. The van der Waals surface area contributed by atoms with Gasteiger partial charge in [-0.1, -0.05) is 71.4 Å². The van der Waals surface area contributed by atoms with Crippen molar-refractivity contribution in [1.82, 2.24) is 0 Å². The Balaban J connectivity index is 0.000000299. The molecule has 3 rings (SSSR count). The first-order valence-electron chi connectivity index (χ1n) is 10.3. The Kier molecular flexibility index (Phi) is 12.1. The van der Waals surface area contributed by atoms with Crippen molar-refractivity contribution in [3.63, 3.8) is 0 Å². The summed E-state index contributed by atoms with van der Waals surface area (Å²) in [7, 11) is 4.57. The van der Waals surface area contributed by atoms with E-state index >= 15 is 0 Å². The molecule has 2 aliphatic heterocycles. The van der Waals surface area contributed by atoms with Gasteiger partial charge in [-0.3, -0.25) is 0 Å². The molecule has 0 fully saturated rings. The first-order valence-corrected chi connectivity index (χ1v) is 12.6. The molecule has 0 spiro atoms. The van der Waals surface area contributed by atoms with Gasteiger partial charge < -0.3 is 9.47 Å². The van der Waals surface area contributed by atoms with E-state index in [0.717, 1.165) is 11.8 Å². The van der Waals surface area contributed by atoms with Crippen LogP contribution < -0.4 is 0 Å². The van der Waals surface area contributed by atoms with Crippen LogP contribution in [0.25, 0.3) is 0 Å².